The van der Waals surface area contributed by atoms with Crippen LogP contribution in [0, 0.1) is 6.92 Å². The molecule has 1 aliphatic heterocycles. The fourth-order valence-corrected chi connectivity index (χ4v) is 4.03. The number of aliphatic hydroxyl groups excluding tert-OH is 1. The molecule has 2 amide bonds. The lowest BCUT2D eigenvalue weighted by molar-refractivity contribution is 0.0985. The van der Waals surface area contributed by atoms with Gasteiger partial charge in [0, 0.05) is 39.6 Å². The lowest BCUT2D eigenvalue weighted by atomic mass is 10.0. The van der Waals surface area contributed by atoms with Gasteiger partial charge in [0.2, 0.25) is 0 Å². The van der Waals surface area contributed by atoms with E-state index in [1.807, 2.05) is 25.1 Å². The van der Waals surface area contributed by atoms with Crippen molar-refractivity contribution in [2.24, 2.45) is 0 Å². The summed E-state index contributed by atoms with van der Waals surface area (Å²) in [4.78, 5) is 27.4. The number of nitrogens with one attached hydrogen (secondary N) is 1. The molecule has 2 N–H and O–H groups in total. The van der Waals surface area contributed by atoms with Crippen LogP contribution in [0.5, 0.6) is 0 Å². The Balaban J connectivity index is 1.54. The second-order valence-electron chi connectivity index (χ2n) is 7.66. The number of nitrogens with zero attached hydrogens (tertiary/aromatic N) is 1. The highest BCUT2D eigenvalue weighted by molar-refractivity contribution is 6.30. The summed E-state index contributed by atoms with van der Waals surface area (Å²) in [7, 11) is 0. The van der Waals surface area contributed by atoms with Crippen LogP contribution in [0.15, 0.2) is 66.7 Å². The van der Waals surface area contributed by atoms with Crippen LogP contribution >= 0.6 is 11.6 Å². The number of amides is 2. The Kier molecular flexibility index (Phi) is 6.07. The number of anilines is 2. The van der Waals surface area contributed by atoms with Crippen molar-refractivity contribution in [1.82, 2.24) is 0 Å². The molecular formula is C25H23ClN2O3. The predicted octanol–water partition coefficient (Wildman–Crippen LogP) is 5.37. The summed E-state index contributed by atoms with van der Waals surface area (Å²) in [5.74, 6) is -0.348. The summed E-state index contributed by atoms with van der Waals surface area (Å²) in [6, 6.07) is 19.4. The van der Waals surface area contributed by atoms with E-state index >= 15 is 0 Å². The molecule has 6 heteroatoms. The minimum atomic E-state index is -0.648. The molecule has 0 spiro atoms. The van der Waals surface area contributed by atoms with Crippen molar-refractivity contribution in [2.75, 3.05) is 16.8 Å². The number of halogens is 1. The smallest absolute Gasteiger partial charge is 0.258 e. The maximum Gasteiger partial charge on any atom is 0.258 e. The molecule has 0 aliphatic carbocycles. The van der Waals surface area contributed by atoms with Crippen molar-refractivity contribution in [2.45, 2.75) is 25.9 Å². The molecule has 5 nitrogen and oxygen atoms in total. The quantitative estimate of drug-likeness (QED) is 0.581. The SMILES string of the molecule is Cc1ccccc1C(=O)Nc1ccc(C(=O)N2CCCC(O)c3cc(Cl)ccc32)cc1. The van der Waals surface area contributed by atoms with Crippen molar-refractivity contribution in [3.05, 3.63) is 94.0 Å². The first-order chi connectivity index (χ1) is 14.9. The van der Waals surface area contributed by atoms with Crippen LogP contribution < -0.4 is 10.2 Å². The van der Waals surface area contributed by atoms with Crippen molar-refractivity contribution in [1.29, 1.82) is 0 Å². The molecule has 0 saturated carbocycles. The van der Waals surface area contributed by atoms with Crippen molar-refractivity contribution in [3.8, 4) is 0 Å². The first-order valence-corrected chi connectivity index (χ1v) is 10.6. The molecule has 4 rings (SSSR count). The Morgan fingerprint density at radius 1 is 1.06 bits per heavy atom. The fraction of sp³-hybridized carbons (Fsp3) is 0.200. The Bertz CT molecular complexity index is 1130. The summed E-state index contributed by atoms with van der Waals surface area (Å²) in [6.45, 7) is 2.40. The van der Waals surface area contributed by atoms with Gasteiger partial charge in [-0.2, -0.15) is 0 Å². The molecule has 0 bridgehead atoms. The van der Waals surface area contributed by atoms with Gasteiger partial charge in [0.1, 0.15) is 0 Å². The van der Waals surface area contributed by atoms with E-state index in [-0.39, 0.29) is 11.8 Å². The van der Waals surface area contributed by atoms with E-state index in [9.17, 15) is 14.7 Å². The van der Waals surface area contributed by atoms with Crippen molar-refractivity contribution in [3.63, 3.8) is 0 Å². The molecule has 3 aromatic carbocycles. The zero-order valence-corrected chi connectivity index (χ0v) is 17.9. The Labute approximate surface area is 186 Å². The number of carbonyl (C=O) groups excluding carboxylic acids is 2. The van der Waals surface area contributed by atoms with Crippen LogP contribution in [0.4, 0.5) is 11.4 Å². The number of hydrogen-bond donors (Lipinski definition) is 2. The first kappa shape index (κ1) is 21.1. The highest BCUT2D eigenvalue weighted by atomic mass is 35.5. The van der Waals surface area contributed by atoms with Crippen molar-refractivity contribution >= 4 is 34.8 Å². The topological polar surface area (TPSA) is 69.6 Å². The average molecular weight is 435 g/mol. The second-order valence-corrected chi connectivity index (χ2v) is 8.10. The van der Waals surface area contributed by atoms with Gasteiger partial charge in [-0.05, 0) is 73.9 Å². The first-order valence-electron chi connectivity index (χ1n) is 10.2. The number of aliphatic hydroxyl groups is 1. The van der Waals surface area contributed by atoms with E-state index in [0.717, 1.165) is 5.56 Å². The number of aryl methyl sites for hydroxylation is 1. The highest BCUT2D eigenvalue weighted by Gasteiger charge is 2.26. The van der Waals surface area contributed by atoms with Gasteiger partial charge < -0.3 is 15.3 Å². The van der Waals surface area contributed by atoms with Gasteiger partial charge in [0.25, 0.3) is 11.8 Å². The molecule has 0 saturated heterocycles. The fourth-order valence-electron chi connectivity index (χ4n) is 3.85. The molecule has 0 radical (unpaired) electrons. The molecule has 0 aromatic heterocycles. The molecule has 3 aromatic rings. The van der Waals surface area contributed by atoms with Gasteiger partial charge >= 0.3 is 0 Å². The zero-order valence-electron chi connectivity index (χ0n) is 17.1. The van der Waals surface area contributed by atoms with Gasteiger partial charge in [0.15, 0.2) is 0 Å². The normalized spacial score (nSPS) is 15.7. The van der Waals surface area contributed by atoms with Crippen LogP contribution in [-0.2, 0) is 0 Å². The lowest BCUT2D eigenvalue weighted by Crippen LogP contribution is -2.31. The maximum atomic E-state index is 13.2. The van der Waals surface area contributed by atoms with E-state index in [4.69, 9.17) is 11.6 Å². The van der Waals surface area contributed by atoms with E-state index in [1.165, 1.54) is 0 Å². The molecule has 0 fully saturated rings. The number of hydrogen-bond acceptors (Lipinski definition) is 3. The molecule has 158 valence electrons. The highest BCUT2D eigenvalue weighted by Crippen LogP contribution is 2.35. The minimum Gasteiger partial charge on any atom is -0.388 e. The largest absolute Gasteiger partial charge is 0.388 e. The van der Waals surface area contributed by atoms with Gasteiger partial charge in [-0.15, -0.1) is 0 Å². The van der Waals surface area contributed by atoms with Crippen LogP contribution in [0.2, 0.25) is 5.02 Å². The molecule has 1 atom stereocenters. The number of carbonyl (C=O) groups is 2. The third kappa shape index (κ3) is 4.48. The second kappa shape index (κ2) is 8.92. The average Bonchev–Trinajstić information content (AvgIpc) is 2.92. The van der Waals surface area contributed by atoms with E-state index in [0.29, 0.717) is 52.5 Å². The number of fused-ring (bicyclic) bond motifs is 1. The van der Waals surface area contributed by atoms with Gasteiger partial charge in [-0.25, -0.2) is 0 Å². The summed E-state index contributed by atoms with van der Waals surface area (Å²) < 4.78 is 0. The minimum absolute atomic E-state index is 0.158. The Morgan fingerprint density at radius 3 is 2.55 bits per heavy atom. The predicted molar refractivity (Wildman–Crippen MR) is 123 cm³/mol. The Morgan fingerprint density at radius 2 is 1.81 bits per heavy atom. The third-order valence-electron chi connectivity index (χ3n) is 5.52. The summed E-state index contributed by atoms with van der Waals surface area (Å²) >= 11 is 6.10. The maximum absolute atomic E-state index is 13.2. The van der Waals surface area contributed by atoms with Crippen LogP contribution in [0.3, 0.4) is 0 Å². The summed E-state index contributed by atoms with van der Waals surface area (Å²) in [5.41, 5.74) is 3.97. The van der Waals surface area contributed by atoms with Crippen LogP contribution in [0.25, 0.3) is 0 Å². The van der Waals surface area contributed by atoms with Gasteiger partial charge in [-0.3, -0.25) is 9.59 Å². The van der Waals surface area contributed by atoms with Crippen LogP contribution in [0.1, 0.15) is 50.8 Å². The van der Waals surface area contributed by atoms with Crippen LogP contribution in [-0.4, -0.2) is 23.5 Å². The molecule has 31 heavy (non-hydrogen) atoms. The lowest BCUT2D eigenvalue weighted by Gasteiger charge is -2.23. The van der Waals surface area contributed by atoms with Crippen molar-refractivity contribution < 1.29 is 14.7 Å². The monoisotopic (exact) mass is 434 g/mol. The number of rotatable bonds is 3. The summed E-state index contributed by atoms with van der Waals surface area (Å²) in [6.07, 6.45) is 0.607. The third-order valence-corrected chi connectivity index (χ3v) is 5.76. The van der Waals surface area contributed by atoms with E-state index in [2.05, 4.69) is 5.32 Å². The van der Waals surface area contributed by atoms with E-state index < -0.39 is 6.10 Å². The molecular weight excluding hydrogens is 412 g/mol. The van der Waals surface area contributed by atoms with Gasteiger partial charge in [-0.1, -0.05) is 29.8 Å². The standard InChI is InChI=1S/C25H23ClN2O3/c1-16-5-2-3-6-20(16)24(30)27-19-11-8-17(9-12-19)25(31)28-14-4-7-23(29)21-15-18(26)10-13-22(21)28/h2-3,5-6,8-13,15,23,29H,4,7,14H2,1H3,(H,27,30). The molecule has 1 aliphatic rings. The molecule has 1 unspecified atom stereocenters. The Hall–Kier alpha value is -3.15. The molecule has 1 heterocycles. The summed E-state index contributed by atoms with van der Waals surface area (Å²) in [5, 5.41) is 13.8. The van der Waals surface area contributed by atoms with Gasteiger partial charge in [0.05, 0.1) is 6.10 Å². The number of benzene rings is 3. The zero-order chi connectivity index (χ0) is 22.0. The van der Waals surface area contributed by atoms with E-state index in [1.54, 1.807) is 53.4 Å².